The van der Waals surface area contributed by atoms with Crippen LogP contribution in [-0.2, 0) is 16.5 Å². The molecular formula is C18H22N2O3. The van der Waals surface area contributed by atoms with Crippen LogP contribution in [0.1, 0.15) is 23.2 Å². The molecule has 0 spiro atoms. The molecule has 1 aliphatic heterocycles. The van der Waals surface area contributed by atoms with Crippen LogP contribution in [0.15, 0.2) is 30.5 Å². The predicted octanol–water partition coefficient (Wildman–Crippen LogP) is 2.20. The summed E-state index contributed by atoms with van der Waals surface area (Å²) < 4.78 is 13.5. The van der Waals surface area contributed by atoms with Crippen molar-refractivity contribution in [3.63, 3.8) is 0 Å². The summed E-state index contributed by atoms with van der Waals surface area (Å²) in [5, 5.41) is 1.01. The van der Waals surface area contributed by atoms with Gasteiger partial charge in [0.2, 0.25) is 0 Å². The predicted molar refractivity (Wildman–Crippen MR) is 87.5 cm³/mol. The first kappa shape index (κ1) is 14.7. The van der Waals surface area contributed by atoms with Crippen LogP contribution in [0.5, 0.6) is 0 Å². The Morgan fingerprint density at radius 3 is 2.96 bits per heavy atom. The summed E-state index contributed by atoms with van der Waals surface area (Å²) in [6.45, 7) is 1.21. The number of ether oxygens (including phenoxy) is 2. The van der Waals surface area contributed by atoms with E-state index in [0.717, 1.165) is 29.3 Å². The Bertz CT molecular complexity index is 739. The van der Waals surface area contributed by atoms with Crippen LogP contribution in [0.3, 0.4) is 0 Å². The second-order valence-corrected chi connectivity index (χ2v) is 6.42. The Hall–Kier alpha value is -1.85. The lowest BCUT2D eigenvalue weighted by Gasteiger charge is -2.30. The first-order valence-corrected chi connectivity index (χ1v) is 8.20. The normalized spacial score (nSPS) is 27.4. The first-order chi connectivity index (χ1) is 11.2. The number of aromatic nitrogens is 1. The number of rotatable bonds is 2. The summed E-state index contributed by atoms with van der Waals surface area (Å²) in [5.74, 6) is 0.0833. The number of benzene rings is 1. The van der Waals surface area contributed by atoms with Crippen molar-refractivity contribution in [2.45, 2.75) is 31.1 Å². The van der Waals surface area contributed by atoms with Gasteiger partial charge in [0, 0.05) is 37.8 Å². The lowest BCUT2D eigenvalue weighted by atomic mass is 10.1. The topological polar surface area (TPSA) is 43.7 Å². The van der Waals surface area contributed by atoms with Gasteiger partial charge in [-0.25, -0.2) is 0 Å². The van der Waals surface area contributed by atoms with Crippen molar-refractivity contribution in [1.82, 2.24) is 9.47 Å². The minimum Gasteiger partial charge on any atom is -0.377 e. The highest BCUT2D eigenvalue weighted by atomic mass is 16.5. The van der Waals surface area contributed by atoms with E-state index in [1.165, 1.54) is 0 Å². The number of aryl methyl sites for hydroxylation is 1. The summed E-state index contributed by atoms with van der Waals surface area (Å²) in [4.78, 5) is 15.2. The van der Waals surface area contributed by atoms with Crippen LogP contribution in [0, 0.1) is 0 Å². The van der Waals surface area contributed by atoms with Crippen molar-refractivity contribution in [1.29, 1.82) is 0 Å². The summed E-state index contributed by atoms with van der Waals surface area (Å²) in [6, 6.07) is 8.15. The number of nitrogens with zero attached hydrogens (tertiary/aromatic N) is 2. The molecule has 2 heterocycles. The van der Waals surface area contributed by atoms with Gasteiger partial charge in [0.15, 0.2) is 0 Å². The van der Waals surface area contributed by atoms with Crippen molar-refractivity contribution in [3.05, 3.63) is 36.0 Å². The number of hydrogen-bond acceptors (Lipinski definition) is 3. The van der Waals surface area contributed by atoms with Gasteiger partial charge in [0.1, 0.15) is 6.10 Å². The molecule has 1 saturated carbocycles. The molecule has 4 rings (SSSR count). The van der Waals surface area contributed by atoms with Gasteiger partial charge in [-0.3, -0.25) is 4.79 Å². The summed E-state index contributed by atoms with van der Waals surface area (Å²) in [5.41, 5.74) is 1.85. The highest BCUT2D eigenvalue weighted by Gasteiger charge is 2.44. The Balaban J connectivity index is 1.72. The lowest BCUT2D eigenvalue weighted by Crippen LogP contribution is -2.46. The SMILES string of the molecule is COC1C2CCC1N(C(=O)c1cn(C)c3ccccc13)CCO2. The first-order valence-electron chi connectivity index (χ1n) is 8.20. The average Bonchev–Trinajstić information content (AvgIpc) is 3.05. The highest BCUT2D eigenvalue weighted by molar-refractivity contribution is 6.07. The minimum absolute atomic E-state index is 0.0172. The second kappa shape index (κ2) is 5.65. The van der Waals surface area contributed by atoms with E-state index in [4.69, 9.17) is 9.47 Å². The van der Waals surface area contributed by atoms with Crippen LogP contribution in [0.4, 0.5) is 0 Å². The number of para-hydroxylation sites is 1. The minimum atomic E-state index is -0.0172. The number of carbonyl (C=O) groups is 1. The highest BCUT2D eigenvalue weighted by Crippen LogP contribution is 2.33. The van der Waals surface area contributed by atoms with Gasteiger partial charge >= 0.3 is 0 Å². The molecule has 2 aliphatic rings. The van der Waals surface area contributed by atoms with Gasteiger partial charge < -0.3 is 18.9 Å². The van der Waals surface area contributed by atoms with E-state index in [0.29, 0.717) is 13.2 Å². The molecule has 2 aromatic rings. The van der Waals surface area contributed by atoms with E-state index in [1.54, 1.807) is 7.11 Å². The van der Waals surface area contributed by atoms with Crippen molar-refractivity contribution in [2.24, 2.45) is 7.05 Å². The Morgan fingerprint density at radius 2 is 2.13 bits per heavy atom. The molecule has 1 amide bonds. The molecule has 3 atom stereocenters. The zero-order valence-electron chi connectivity index (χ0n) is 13.6. The quantitative estimate of drug-likeness (QED) is 0.853. The van der Waals surface area contributed by atoms with E-state index in [1.807, 2.05) is 47.0 Å². The Morgan fingerprint density at radius 1 is 1.30 bits per heavy atom. The van der Waals surface area contributed by atoms with Gasteiger partial charge in [0.25, 0.3) is 5.91 Å². The molecule has 0 radical (unpaired) electrons. The number of amides is 1. The zero-order chi connectivity index (χ0) is 16.0. The van der Waals surface area contributed by atoms with Crippen molar-refractivity contribution in [2.75, 3.05) is 20.3 Å². The molecule has 0 N–H and O–H groups in total. The number of hydrogen-bond donors (Lipinski definition) is 0. The number of fused-ring (bicyclic) bond motifs is 3. The maximum atomic E-state index is 13.2. The van der Waals surface area contributed by atoms with Gasteiger partial charge in [-0.2, -0.15) is 0 Å². The monoisotopic (exact) mass is 314 g/mol. The number of carbonyl (C=O) groups excluding carboxylic acids is 1. The number of methoxy groups -OCH3 is 1. The third kappa shape index (κ3) is 2.26. The maximum absolute atomic E-state index is 13.2. The zero-order valence-corrected chi connectivity index (χ0v) is 13.6. The molecule has 5 heteroatoms. The summed E-state index contributed by atoms with van der Waals surface area (Å²) >= 11 is 0. The molecule has 2 fully saturated rings. The van der Waals surface area contributed by atoms with Gasteiger partial charge in [0.05, 0.1) is 24.3 Å². The fourth-order valence-electron chi connectivity index (χ4n) is 4.12. The van der Waals surface area contributed by atoms with Crippen LogP contribution < -0.4 is 0 Å². The van der Waals surface area contributed by atoms with Crippen LogP contribution >= 0.6 is 0 Å². The van der Waals surface area contributed by atoms with Crippen LogP contribution in [0.2, 0.25) is 0 Å². The molecule has 122 valence electrons. The van der Waals surface area contributed by atoms with Gasteiger partial charge in [-0.1, -0.05) is 18.2 Å². The average molecular weight is 314 g/mol. The van der Waals surface area contributed by atoms with Gasteiger partial charge in [-0.15, -0.1) is 0 Å². The largest absolute Gasteiger partial charge is 0.377 e. The molecule has 1 aromatic heterocycles. The third-order valence-corrected chi connectivity index (χ3v) is 5.22. The fraction of sp³-hybridized carbons (Fsp3) is 0.500. The molecule has 1 aliphatic carbocycles. The summed E-state index contributed by atoms with van der Waals surface area (Å²) in [6.07, 6.45) is 3.95. The van der Waals surface area contributed by atoms with Crippen molar-refractivity contribution in [3.8, 4) is 0 Å². The molecule has 2 bridgehead atoms. The molecule has 23 heavy (non-hydrogen) atoms. The van der Waals surface area contributed by atoms with E-state index in [2.05, 4.69) is 0 Å². The van der Waals surface area contributed by atoms with Crippen molar-refractivity contribution < 1.29 is 14.3 Å². The molecule has 1 aromatic carbocycles. The maximum Gasteiger partial charge on any atom is 0.256 e. The van der Waals surface area contributed by atoms with E-state index in [9.17, 15) is 4.79 Å². The van der Waals surface area contributed by atoms with Crippen molar-refractivity contribution >= 4 is 16.8 Å². The van der Waals surface area contributed by atoms with E-state index < -0.39 is 0 Å². The van der Waals surface area contributed by atoms with Crippen LogP contribution in [0.25, 0.3) is 10.9 Å². The molecule has 1 saturated heterocycles. The smallest absolute Gasteiger partial charge is 0.256 e. The third-order valence-electron chi connectivity index (χ3n) is 5.22. The summed E-state index contributed by atoms with van der Waals surface area (Å²) in [7, 11) is 3.69. The fourth-order valence-corrected chi connectivity index (χ4v) is 4.12. The lowest BCUT2D eigenvalue weighted by molar-refractivity contribution is -0.0316. The van der Waals surface area contributed by atoms with Crippen LogP contribution in [-0.4, -0.2) is 53.9 Å². The van der Waals surface area contributed by atoms with E-state index in [-0.39, 0.29) is 24.2 Å². The molecule has 5 nitrogen and oxygen atoms in total. The second-order valence-electron chi connectivity index (χ2n) is 6.42. The van der Waals surface area contributed by atoms with E-state index >= 15 is 0 Å². The van der Waals surface area contributed by atoms with Gasteiger partial charge in [-0.05, 0) is 18.9 Å². The molecular weight excluding hydrogens is 292 g/mol. The Kier molecular flexibility index (Phi) is 3.62. The Labute approximate surface area is 135 Å². The molecule has 3 unspecified atom stereocenters. The standard InChI is InChI=1S/C18H22N2O3/c1-19-11-13(12-5-3-4-6-14(12)19)18(21)20-9-10-23-16-8-7-15(20)17(16)22-2/h3-6,11,15-17H,7-10H2,1-2H3.